The zero-order chi connectivity index (χ0) is 23.2. The lowest BCUT2D eigenvalue weighted by Crippen LogP contribution is -2.20. The fourth-order valence-corrected chi connectivity index (χ4v) is 3.52. The number of carbonyl (C=O) groups excluding carboxylic acids is 1. The SMILES string of the molecule is [2H]C(O)(CC=C)c1cc(C)c(-c2cc3cnc(NC(=O)[C@H]4C[C@H]4F)cc3n(C)c2=O)cn1. The number of anilines is 1. The summed E-state index contributed by atoms with van der Waals surface area (Å²) in [5.74, 6) is -0.799. The number of nitrogens with zero attached hydrogens (tertiary/aromatic N) is 3. The molecule has 0 radical (unpaired) electrons. The first-order chi connectivity index (χ1) is 15.1. The van der Waals surface area contributed by atoms with Crippen LogP contribution in [0, 0.1) is 12.8 Å². The van der Waals surface area contributed by atoms with Crippen molar-refractivity contribution in [2.45, 2.75) is 32.0 Å². The first-order valence-electron chi connectivity index (χ1n) is 10.4. The highest BCUT2D eigenvalue weighted by molar-refractivity contribution is 5.95. The number of amides is 1. The molecule has 0 bridgehead atoms. The van der Waals surface area contributed by atoms with Crippen molar-refractivity contribution in [2.75, 3.05) is 5.32 Å². The number of pyridine rings is 3. The lowest BCUT2D eigenvalue weighted by Gasteiger charge is -2.14. The van der Waals surface area contributed by atoms with Gasteiger partial charge in [0.15, 0.2) is 0 Å². The van der Waals surface area contributed by atoms with Crippen molar-refractivity contribution in [1.29, 1.82) is 0 Å². The van der Waals surface area contributed by atoms with Crippen LogP contribution in [0.1, 0.15) is 31.5 Å². The van der Waals surface area contributed by atoms with Crippen molar-refractivity contribution < 1.29 is 15.7 Å². The van der Waals surface area contributed by atoms with Crippen LogP contribution in [0.4, 0.5) is 10.2 Å². The van der Waals surface area contributed by atoms with Crippen molar-refractivity contribution in [3.63, 3.8) is 0 Å². The summed E-state index contributed by atoms with van der Waals surface area (Å²) in [4.78, 5) is 33.5. The predicted octanol–water partition coefficient (Wildman–Crippen LogP) is 3.21. The van der Waals surface area contributed by atoms with Crippen LogP contribution >= 0.6 is 0 Å². The largest absolute Gasteiger partial charge is 0.386 e. The minimum Gasteiger partial charge on any atom is -0.386 e. The number of hydrogen-bond donors (Lipinski definition) is 2. The normalized spacial score (nSPS) is 20.1. The minimum atomic E-state index is -1.90. The van der Waals surface area contributed by atoms with E-state index in [1.54, 1.807) is 32.2 Å². The van der Waals surface area contributed by atoms with E-state index < -0.39 is 24.1 Å². The highest BCUT2D eigenvalue weighted by atomic mass is 19.1. The van der Waals surface area contributed by atoms with Gasteiger partial charge in [0.05, 0.1) is 24.6 Å². The number of alkyl halides is 1. The Labute approximate surface area is 179 Å². The number of aromatic nitrogens is 3. The predicted molar refractivity (Wildman–Crippen MR) is 116 cm³/mol. The van der Waals surface area contributed by atoms with Crippen LogP contribution in [0.3, 0.4) is 0 Å². The molecular formula is C23H23FN4O3. The standard InChI is InChI=1S/C23H23FN4O3/c1-4-5-20(29)18-6-12(2)16(11-25-18)14-7-13-10-26-21(9-19(13)28(3)23(14)31)27-22(30)15-8-17(15)24/h4,6-7,9-11,15,17,20,29H,1,5,8H2,2-3H3,(H,26,27,30)/t15-,17+,20?/m0/s1/i20D. The first-order valence-corrected chi connectivity index (χ1v) is 9.88. The molecule has 1 aliphatic carbocycles. The Morgan fingerprint density at radius 2 is 2.16 bits per heavy atom. The van der Waals surface area contributed by atoms with Crippen LogP contribution in [0.5, 0.6) is 0 Å². The number of hydrogen-bond acceptors (Lipinski definition) is 5. The molecule has 3 aromatic heterocycles. The van der Waals surface area contributed by atoms with Crippen molar-refractivity contribution in [1.82, 2.24) is 14.5 Å². The second-order valence-electron chi connectivity index (χ2n) is 7.72. The maximum Gasteiger partial charge on any atom is 0.258 e. The van der Waals surface area contributed by atoms with E-state index in [9.17, 15) is 19.1 Å². The Kier molecular flexibility index (Phi) is 5.07. The molecule has 0 aromatic carbocycles. The fraction of sp³-hybridized carbons (Fsp3) is 0.304. The van der Waals surface area contributed by atoms with Gasteiger partial charge in [0.2, 0.25) is 5.91 Å². The molecule has 0 aliphatic heterocycles. The average Bonchev–Trinajstić information content (AvgIpc) is 3.48. The Bertz CT molecular complexity index is 1300. The van der Waals surface area contributed by atoms with Gasteiger partial charge in [0.1, 0.15) is 12.0 Å². The summed E-state index contributed by atoms with van der Waals surface area (Å²) in [5.41, 5.74) is 2.10. The number of nitrogens with one attached hydrogen (secondary N) is 1. The molecule has 160 valence electrons. The molecule has 1 amide bonds. The zero-order valence-electron chi connectivity index (χ0n) is 18.2. The summed E-state index contributed by atoms with van der Waals surface area (Å²) >= 11 is 0. The van der Waals surface area contributed by atoms with Crippen molar-refractivity contribution in [3.8, 4) is 11.1 Å². The molecule has 31 heavy (non-hydrogen) atoms. The van der Waals surface area contributed by atoms with Crippen LogP contribution in [0.25, 0.3) is 22.0 Å². The number of halogens is 1. The number of aryl methyl sites for hydroxylation is 2. The monoisotopic (exact) mass is 423 g/mol. The Balaban J connectivity index is 1.72. The third-order valence-electron chi connectivity index (χ3n) is 5.44. The van der Waals surface area contributed by atoms with Crippen molar-refractivity contribution in [2.24, 2.45) is 13.0 Å². The van der Waals surface area contributed by atoms with Crippen LogP contribution in [0.2, 0.25) is 0 Å². The highest BCUT2D eigenvalue weighted by Gasteiger charge is 2.43. The van der Waals surface area contributed by atoms with Gasteiger partial charge in [-0.1, -0.05) is 6.08 Å². The molecule has 4 rings (SSSR count). The molecule has 3 aromatic rings. The minimum absolute atomic E-state index is 0.0216. The second-order valence-corrected chi connectivity index (χ2v) is 7.72. The number of rotatable bonds is 6. The molecule has 3 heterocycles. The van der Waals surface area contributed by atoms with Gasteiger partial charge in [0.25, 0.3) is 5.56 Å². The molecular weight excluding hydrogens is 399 g/mol. The van der Waals surface area contributed by atoms with Gasteiger partial charge in [-0.25, -0.2) is 9.37 Å². The van der Waals surface area contributed by atoms with Gasteiger partial charge in [-0.2, -0.15) is 0 Å². The lowest BCUT2D eigenvalue weighted by atomic mass is 10.0. The molecule has 3 atom stereocenters. The summed E-state index contributed by atoms with van der Waals surface area (Å²) in [7, 11) is 1.61. The molecule has 0 spiro atoms. The first kappa shape index (κ1) is 19.6. The van der Waals surface area contributed by atoms with Gasteiger partial charge in [-0.15, -0.1) is 6.58 Å². The van der Waals surface area contributed by atoms with Crippen molar-refractivity contribution in [3.05, 3.63) is 64.9 Å². The van der Waals surface area contributed by atoms with Gasteiger partial charge in [0, 0.05) is 42.0 Å². The smallest absolute Gasteiger partial charge is 0.258 e. The zero-order valence-corrected chi connectivity index (χ0v) is 17.2. The summed E-state index contributed by atoms with van der Waals surface area (Å²) in [6.07, 6.45) is 1.70. The molecule has 8 heteroatoms. The van der Waals surface area contributed by atoms with Crippen molar-refractivity contribution >= 4 is 22.6 Å². The number of fused-ring (bicyclic) bond motifs is 1. The maximum atomic E-state index is 13.1. The quantitative estimate of drug-likeness (QED) is 0.594. The Morgan fingerprint density at radius 1 is 1.42 bits per heavy atom. The summed E-state index contributed by atoms with van der Waals surface area (Å²) in [5, 5.41) is 13.5. The summed E-state index contributed by atoms with van der Waals surface area (Å²) in [6.45, 7) is 5.33. The van der Waals surface area contributed by atoms with Gasteiger partial charge >= 0.3 is 0 Å². The Morgan fingerprint density at radius 3 is 2.81 bits per heavy atom. The molecule has 1 aliphatic rings. The van der Waals surface area contributed by atoms with E-state index in [1.165, 1.54) is 23.0 Å². The number of aliphatic hydroxyl groups is 1. The highest BCUT2D eigenvalue weighted by Crippen LogP contribution is 2.34. The van der Waals surface area contributed by atoms with E-state index in [1.807, 2.05) is 0 Å². The summed E-state index contributed by atoms with van der Waals surface area (Å²) in [6, 6.07) is 4.86. The molecule has 1 saturated carbocycles. The van der Waals surface area contributed by atoms with E-state index in [0.29, 0.717) is 27.6 Å². The van der Waals surface area contributed by atoms with E-state index in [4.69, 9.17) is 1.37 Å². The summed E-state index contributed by atoms with van der Waals surface area (Å²) < 4.78 is 22.6. The third kappa shape index (κ3) is 3.98. The van der Waals surface area contributed by atoms with Crippen LogP contribution < -0.4 is 10.9 Å². The lowest BCUT2D eigenvalue weighted by molar-refractivity contribution is -0.117. The van der Waals surface area contributed by atoms with E-state index in [0.717, 1.165) is 0 Å². The van der Waals surface area contributed by atoms with Crippen LogP contribution in [0.15, 0.2) is 48.0 Å². The second kappa shape index (κ2) is 8.03. The van der Waals surface area contributed by atoms with Gasteiger partial charge in [-0.3, -0.25) is 14.6 Å². The Hall–Kier alpha value is -3.39. The van der Waals surface area contributed by atoms with E-state index in [-0.39, 0.29) is 29.9 Å². The topological polar surface area (TPSA) is 97.1 Å². The van der Waals surface area contributed by atoms with Gasteiger partial charge in [-0.05, 0) is 37.5 Å². The number of carbonyl (C=O) groups is 1. The van der Waals surface area contributed by atoms with Gasteiger partial charge < -0.3 is 15.0 Å². The molecule has 1 unspecified atom stereocenters. The molecule has 7 nitrogen and oxygen atoms in total. The fourth-order valence-electron chi connectivity index (χ4n) is 3.52. The van der Waals surface area contributed by atoms with E-state index >= 15 is 0 Å². The third-order valence-corrected chi connectivity index (χ3v) is 5.44. The van der Waals surface area contributed by atoms with Crippen LogP contribution in [-0.4, -0.2) is 31.7 Å². The molecule has 2 N–H and O–H groups in total. The maximum absolute atomic E-state index is 13.1. The average molecular weight is 423 g/mol. The van der Waals surface area contributed by atoms with E-state index in [2.05, 4.69) is 21.9 Å². The van der Waals surface area contributed by atoms with Crippen LogP contribution in [-0.2, 0) is 11.8 Å². The molecule has 1 fully saturated rings. The molecule has 0 saturated heterocycles.